The Morgan fingerprint density at radius 3 is 2.40 bits per heavy atom. The number of carboxylic acid groups (broad SMARTS) is 2. The molecule has 0 heterocycles. The third-order valence-corrected chi connectivity index (χ3v) is 4.34. The molecule has 0 bridgehead atoms. The summed E-state index contributed by atoms with van der Waals surface area (Å²) in [7, 11) is 0. The number of rotatable bonds is 9. The first-order valence-corrected chi connectivity index (χ1v) is 7.81. The lowest BCUT2D eigenvalue weighted by Gasteiger charge is -2.15. The third kappa shape index (κ3) is 6.58. The number of hydrogen-bond donors (Lipinski definition) is 2. The molecule has 20 heavy (non-hydrogen) atoms. The van der Waals surface area contributed by atoms with Gasteiger partial charge < -0.3 is 14.8 Å². The summed E-state index contributed by atoms with van der Waals surface area (Å²) < 4.78 is 11.9. The van der Waals surface area contributed by atoms with Crippen molar-refractivity contribution in [2.75, 3.05) is 11.5 Å². The minimum Gasteiger partial charge on any atom is -0.616 e. The number of carboxylic acids is 2. The molecule has 0 aliphatic heterocycles. The van der Waals surface area contributed by atoms with Crippen molar-refractivity contribution in [2.24, 2.45) is 5.92 Å². The van der Waals surface area contributed by atoms with Gasteiger partial charge >= 0.3 is 11.9 Å². The first-order valence-electron chi connectivity index (χ1n) is 6.32. The molecule has 0 fully saturated rings. The fourth-order valence-electron chi connectivity index (χ4n) is 1.76. The highest BCUT2D eigenvalue weighted by Crippen LogP contribution is 2.12. The van der Waals surface area contributed by atoms with Crippen molar-refractivity contribution < 1.29 is 24.4 Å². The molecule has 0 saturated carbocycles. The predicted octanol–water partition coefficient (Wildman–Crippen LogP) is 1.54. The lowest BCUT2D eigenvalue weighted by atomic mass is 10.1. The van der Waals surface area contributed by atoms with Crippen molar-refractivity contribution in [3.8, 4) is 0 Å². The molecule has 0 aromatic heterocycles. The lowest BCUT2D eigenvalue weighted by Crippen LogP contribution is -2.26. The standard InChI is InChI=1S/C14H18O5S/c15-13(16)7-6-12(14(17)18)10-20(19)9-8-11-4-2-1-3-5-11/h1-5,12H,6-10H2,(H,15,16)(H,17,18). The van der Waals surface area contributed by atoms with Crippen LogP contribution in [0.25, 0.3) is 0 Å². The number of hydrogen-bond acceptors (Lipinski definition) is 3. The fourth-order valence-corrected chi connectivity index (χ4v) is 3.15. The maximum Gasteiger partial charge on any atom is 0.311 e. The van der Waals surface area contributed by atoms with E-state index in [0.29, 0.717) is 12.2 Å². The van der Waals surface area contributed by atoms with E-state index in [0.717, 1.165) is 5.56 Å². The molecule has 2 atom stereocenters. The predicted molar refractivity (Wildman–Crippen MR) is 76.0 cm³/mol. The SMILES string of the molecule is O=C(O)CCC(C[S+]([O-])CCc1ccccc1)C(=O)O. The van der Waals surface area contributed by atoms with Crippen LogP contribution in [0, 0.1) is 5.92 Å². The van der Waals surface area contributed by atoms with E-state index in [1.54, 1.807) is 0 Å². The lowest BCUT2D eigenvalue weighted by molar-refractivity contribution is -0.142. The molecule has 0 aliphatic carbocycles. The summed E-state index contributed by atoms with van der Waals surface area (Å²) in [6.07, 6.45) is 0.424. The zero-order valence-corrected chi connectivity index (χ0v) is 11.8. The maximum absolute atomic E-state index is 11.9. The van der Waals surface area contributed by atoms with E-state index < -0.39 is 29.0 Å². The molecule has 0 amide bonds. The van der Waals surface area contributed by atoms with Gasteiger partial charge in [0.15, 0.2) is 0 Å². The minimum absolute atomic E-state index is 0.00937. The zero-order valence-electron chi connectivity index (χ0n) is 11.0. The van der Waals surface area contributed by atoms with Gasteiger partial charge in [-0.2, -0.15) is 0 Å². The Bertz CT molecular complexity index is 434. The van der Waals surface area contributed by atoms with Crippen molar-refractivity contribution in [3.63, 3.8) is 0 Å². The van der Waals surface area contributed by atoms with Gasteiger partial charge in [-0.1, -0.05) is 41.5 Å². The minimum atomic E-state index is -1.26. The molecular weight excluding hydrogens is 280 g/mol. The highest BCUT2D eigenvalue weighted by Gasteiger charge is 2.24. The highest BCUT2D eigenvalue weighted by atomic mass is 32.2. The molecule has 0 spiro atoms. The number of aliphatic carboxylic acids is 2. The monoisotopic (exact) mass is 298 g/mol. The van der Waals surface area contributed by atoms with E-state index in [2.05, 4.69) is 0 Å². The number of carbonyl (C=O) groups is 2. The van der Waals surface area contributed by atoms with Crippen LogP contribution in [0.1, 0.15) is 18.4 Å². The molecule has 1 rings (SSSR count). The zero-order chi connectivity index (χ0) is 15.0. The Kier molecular flexibility index (Phi) is 7.11. The summed E-state index contributed by atoms with van der Waals surface area (Å²) in [4.78, 5) is 21.4. The summed E-state index contributed by atoms with van der Waals surface area (Å²) in [5.41, 5.74) is 1.05. The second-order valence-corrected chi connectivity index (χ2v) is 6.14. The molecule has 0 aliphatic rings. The first kappa shape index (κ1) is 16.5. The van der Waals surface area contributed by atoms with Gasteiger partial charge in [0.25, 0.3) is 0 Å². The van der Waals surface area contributed by atoms with Gasteiger partial charge in [0.05, 0.1) is 0 Å². The summed E-state index contributed by atoms with van der Waals surface area (Å²) in [6.45, 7) is 0. The van der Waals surface area contributed by atoms with E-state index in [1.807, 2.05) is 30.3 Å². The Hall–Kier alpha value is -1.53. The largest absolute Gasteiger partial charge is 0.616 e. The normalized spacial score (nSPS) is 13.7. The van der Waals surface area contributed by atoms with Crippen LogP contribution < -0.4 is 0 Å². The van der Waals surface area contributed by atoms with E-state index in [9.17, 15) is 14.1 Å². The molecule has 1 aromatic rings. The second-order valence-electron chi connectivity index (χ2n) is 4.51. The number of benzene rings is 1. The van der Waals surface area contributed by atoms with Gasteiger partial charge in [0.1, 0.15) is 17.4 Å². The smallest absolute Gasteiger partial charge is 0.311 e. The first-order chi connectivity index (χ1) is 9.49. The van der Waals surface area contributed by atoms with E-state index in [4.69, 9.17) is 10.2 Å². The van der Waals surface area contributed by atoms with Gasteiger partial charge in [-0.25, -0.2) is 0 Å². The Morgan fingerprint density at radius 2 is 1.85 bits per heavy atom. The fraction of sp³-hybridized carbons (Fsp3) is 0.429. The van der Waals surface area contributed by atoms with Gasteiger partial charge in [0, 0.05) is 12.8 Å². The maximum atomic E-state index is 11.9. The van der Waals surface area contributed by atoms with Crippen molar-refractivity contribution in [1.29, 1.82) is 0 Å². The van der Waals surface area contributed by atoms with Crippen LogP contribution in [0.3, 0.4) is 0 Å². The van der Waals surface area contributed by atoms with Gasteiger partial charge in [0.2, 0.25) is 0 Å². The molecule has 2 N–H and O–H groups in total. The average molecular weight is 298 g/mol. The van der Waals surface area contributed by atoms with Crippen molar-refractivity contribution in [3.05, 3.63) is 35.9 Å². The van der Waals surface area contributed by atoms with Crippen molar-refractivity contribution >= 4 is 23.1 Å². The van der Waals surface area contributed by atoms with Gasteiger partial charge in [-0.15, -0.1) is 0 Å². The van der Waals surface area contributed by atoms with Crippen LogP contribution in [-0.4, -0.2) is 38.2 Å². The second kappa shape index (κ2) is 8.60. The van der Waals surface area contributed by atoms with E-state index in [1.165, 1.54) is 0 Å². The van der Waals surface area contributed by atoms with Crippen LogP contribution in [-0.2, 0) is 27.2 Å². The van der Waals surface area contributed by atoms with Gasteiger partial charge in [-0.3, -0.25) is 9.59 Å². The topological polar surface area (TPSA) is 97.7 Å². The molecule has 6 heteroatoms. The molecular formula is C14H18O5S. The summed E-state index contributed by atoms with van der Waals surface area (Å²) in [6, 6.07) is 9.54. The van der Waals surface area contributed by atoms with E-state index >= 15 is 0 Å². The Balaban J connectivity index is 2.39. The van der Waals surface area contributed by atoms with Crippen LogP contribution in [0.2, 0.25) is 0 Å². The summed E-state index contributed by atoms with van der Waals surface area (Å²) >= 11 is -1.26. The van der Waals surface area contributed by atoms with Gasteiger partial charge in [-0.05, 0) is 12.0 Å². The van der Waals surface area contributed by atoms with E-state index in [-0.39, 0.29) is 18.6 Å². The molecule has 2 unspecified atom stereocenters. The highest BCUT2D eigenvalue weighted by molar-refractivity contribution is 7.91. The Morgan fingerprint density at radius 1 is 1.20 bits per heavy atom. The third-order valence-electron chi connectivity index (χ3n) is 2.90. The number of aryl methyl sites for hydroxylation is 1. The van der Waals surface area contributed by atoms with Crippen molar-refractivity contribution in [1.82, 2.24) is 0 Å². The Labute approximate surface area is 120 Å². The molecule has 110 valence electrons. The van der Waals surface area contributed by atoms with Crippen LogP contribution in [0.5, 0.6) is 0 Å². The molecule has 5 nitrogen and oxygen atoms in total. The summed E-state index contributed by atoms with van der Waals surface area (Å²) in [5, 5.41) is 17.6. The summed E-state index contributed by atoms with van der Waals surface area (Å²) in [5.74, 6) is -2.58. The van der Waals surface area contributed by atoms with Crippen LogP contribution in [0.4, 0.5) is 0 Å². The molecule has 0 saturated heterocycles. The van der Waals surface area contributed by atoms with Crippen LogP contribution in [0.15, 0.2) is 30.3 Å². The van der Waals surface area contributed by atoms with Crippen LogP contribution >= 0.6 is 0 Å². The van der Waals surface area contributed by atoms with Crippen molar-refractivity contribution in [2.45, 2.75) is 19.3 Å². The average Bonchev–Trinajstić information content (AvgIpc) is 2.41. The molecule has 0 radical (unpaired) electrons. The molecule has 1 aromatic carbocycles. The quantitative estimate of drug-likeness (QED) is 0.674.